The van der Waals surface area contributed by atoms with Gasteiger partial charge < -0.3 is 0 Å². The van der Waals surface area contributed by atoms with Crippen LogP contribution in [0.1, 0.15) is 11.1 Å². The van der Waals surface area contributed by atoms with Crippen molar-refractivity contribution >= 4 is 39.4 Å². The fourth-order valence-corrected chi connectivity index (χ4v) is 4.30. The summed E-state index contributed by atoms with van der Waals surface area (Å²) in [7, 11) is -4.06. The second-order valence-corrected chi connectivity index (χ2v) is 8.84. The zero-order valence-electron chi connectivity index (χ0n) is 16.5. The Balaban J connectivity index is 1.87. The Morgan fingerprint density at radius 1 is 1.10 bits per heavy atom. The van der Waals surface area contributed by atoms with Crippen LogP contribution in [0.3, 0.4) is 0 Å². The molecular formula is C22H19ClFN3O3S. The lowest BCUT2D eigenvalue weighted by atomic mass is 10.2. The molecule has 1 N–H and O–H groups in total. The highest BCUT2D eigenvalue weighted by molar-refractivity contribution is 7.92. The van der Waals surface area contributed by atoms with Crippen LogP contribution < -0.4 is 9.73 Å². The van der Waals surface area contributed by atoms with Crippen molar-refractivity contribution in [3.8, 4) is 0 Å². The third-order valence-corrected chi connectivity index (χ3v) is 6.56. The summed E-state index contributed by atoms with van der Waals surface area (Å²) in [6.07, 6.45) is 1.14. The maximum Gasteiger partial charge on any atom is 0.264 e. The molecule has 0 aliphatic heterocycles. The fraction of sp³-hybridized carbons (Fsp3) is 0.0909. The number of rotatable bonds is 7. The van der Waals surface area contributed by atoms with Crippen molar-refractivity contribution in [3.05, 3.63) is 94.8 Å². The molecule has 6 nitrogen and oxygen atoms in total. The van der Waals surface area contributed by atoms with Gasteiger partial charge in [-0.15, -0.1) is 0 Å². The van der Waals surface area contributed by atoms with Crippen molar-refractivity contribution in [2.45, 2.75) is 11.8 Å². The van der Waals surface area contributed by atoms with Gasteiger partial charge in [-0.1, -0.05) is 54.1 Å². The normalized spacial score (nSPS) is 11.5. The Morgan fingerprint density at radius 3 is 2.45 bits per heavy atom. The fourth-order valence-electron chi connectivity index (χ4n) is 2.69. The smallest absolute Gasteiger partial charge is 0.264 e. The maximum absolute atomic E-state index is 13.7. The van der Waals surface area contributed by atoms with Crippen LogP contribution in [-0.4, -0.2) is 27.1 Å². The van der Waals surface area contributed by atoms with E-state index in [0.29, 0.717) is 5.02 Å². The predicted molar refractivity (Wildman–Crippen MR) is 119 cm³/mol. The van der Waals surface area contributed by atoms with Crippen molar-refractivity contribution in [1.29, 1.82) is 0 Å². The van der Waals surface area contributed by atoms with Crippen LogP contribution in [0.4, 0.5) is 10.1 Å². The Bertz CT molecular complexity index is 1220. The number of carbonyl (C=O) groups excluding carboxylic acids is 1. The topological polar surface area (TPSA) is 78.8 Å². The molecular weight excluding hydrogens is 441 g/mol. The van der Waals surface area contributed by atoms with E-state index in [9.17, 15) is 17.6 Å². The Hall–Kier alpha value is -3.23. The van der Waals surface area contributed by atoms with Crippen LogP contribution in [0.5, 0.6) is 0 Å². The molecule has 0 heterocycles. The van der Waals surface area contributed by atoms with Crippen LogP contribution in [0.2, 0.25) is 5.02 Å². The molecule has 0 fully saturated rings. The summed E-state index contributed by atoms with van der Waals surface area (Å²) >= 11 is 6.18. The summed E-state index contributed by atoms with van der Waals surface area (Å²) < 4.78 is 41.0. The number of nitrogens with one attached hydrogen (secondary N) is 1. The lowest BCUT2D eigenvalue weighted by Gasteiger charge is -2.24. The van der Waals surface area contributed by atoms with Crippen LogP contribution in [0.15, 0.2) is 82.8 Å². The second kappa shape index (κ2) is 9.72. The lowest BCUT2D eigenvalue weighted by Crippen LogP contribution is -2.39. The molecule has 9 heteroatoms. The molecule has 3 aromatic rings. The van der Waals surface area contributed by atoms with Gasteiger partial charge in [-0.05, 0) is 42.8 Å². The number of hydrazone groups is 1. The zero-order valence-corrected chi connectivity index (χ0v) is 18.1. The van der Waals surface area contributed by atoms with Gasteiger partial charge in [-0.25, -0.2) is 18.2 Å². The van der Waals surface area contributed by atoms with Crippen molar-refractivity contribution in [2.75, 3.05) is 10.8 Å². The van der Waals surface area contributed by atoms with E-state index >= 15 is 0 Å². The van der Waals surface area contributed by atoms with Gasteiger partial charge in [-0.2, -0.15) is 5.10 Å². The second-order valence-electron chi connectivity index (χ2n) is 6.57. The Kier molecular flexibility index (Phi) is 7.04. The summed E-state index contributed by atoms with van der Waals surface area (Å²) in [5.41, 5.74) is 3.41. The number of sulfonamides is 1. The van der Waals surface area contributed by atoms with Gasteiger partial charge in [0.2, 0.25) is 0 Å². The van der Waals surface area contributed by atoms with E-state index in [4.69, 9.17) is 11.6 Å². The molecule has 0 aromatic heterocycles. The first-order valence-electron chi connectivity index (χ1n) is 9.19. The SMILES string of the molecule is Cc1ccc(N(CC(=O)N/N=C/c2ccccc2F)S(=O)(=O)c2ccccc2)cc1Cl. The van der Waals surface area contributed by atoms with Crippen molar-refractivity contribution in [2.24, 2.45) is 5.10 Å². The number of amides is 1. The molecule has 0 atom stereocenters. The van der Waals surface area contributed by atoms with E-state index in [1.807, 2.05) is 0 Å². The average molecular weight is 460 g/mol. The summed E-state index contributed by atoms with van der Waals surface area (Å²) in [6.45, 7) is 1.23. The zero-order chi connectivity index (χ0) is 22.4. The molecule has 0 saturated heterocycles. The number of halogens is 2. The maximum atomic E-state index is 13.7. The number of anilines is 1. The molecule has 0 radical (unpaired) electrons. The highest BCUT2D eigenvalue weighted by Gasteiger charge is 2.27. The molecule has 0 bridgehead atoms. The summed E-state index contributed by atoms with van der Waals surface area (Å²) in [5.74, 6) is -1.20. The predicted octanol–water partition coefficient (Wildman–Crippen LogP) is 4.13. The number of hydrogen-bond acceptors (Lipinski definition) is 4. The van der Waals surface area contributed by atoms with Gasteiger partial charge in [0, 0.05) is 10.6 Å². The quantitative estimate of drug-likeness (QED) is 0.426. The van der Waals surface area contributed by atoms with E-state index in [0.717, 1.165) is 16.1 Å². The first-order valence-corrected chi connectivity index (χ1v) is 11.0. The number of aryl methyl sites for hydroxylation is 1. The van der Waals surface area contributed by atoms with Gasteiger partial charge in [0.15, 0.2) is 0 Å². The number of carbonyl (C=O) groups is 1. The van der Waals surface area contributed by atoms with Crippen LogP contribution in [-0.2, 0) is 14.8 Å². The monoisotopic (exact) mass is 459 g/mol. The standard InChI is InChI=1S/C22H19ClFN3O3S/c1-16-11-12-18(13-20(16)23)27(31(29,30)19-8-3-2-4-9-19)15-22(28)26-25-14-17-7-5-6-10-21(17)24/h2-14H,15H2,1H3,(H,26,28)/b25-14+. The Morgan fingerprint density at radius 2 is 1.77 bits per heavy atom. The van der Waals surface area contributed by atoms with Crippen molar-refractivity contribution in [1.82, 2.24) is 5.43 Å². The molecule has 0 spiro atoms. The van der Waals surface area contributed by atoms with Crippen LogP contribution >= 0.6 is 11.6 Å². The molecule has 31 heavy (non-hydrogen) atoms. The average Bonchev–Trinajstić information content (AvgIpc) is 2.76. The third-order valence-electron chi connectivity index (χ3n) is 4.36. The van der Waals surface area contributed by atoms with Crippen molar-refractivity contribution < 1.29 is 17.6 Å². The molecule has 3 rings (SSSR count). The molecule has 160 valence electrons. The minimum absolute atomic E-state index is 0.0226. The van der Waals surface area contributed by atoms with E-state index in [1.165, 1.54) is 36.4 Å². The molecule has 0 saturated carbocycles. The minimum atomic E-state index is -4.06. The van der Waals surface area contributed by atoms with Gasteiger partial charge in [0.25, 0.3) is 15.9 Å². The summed E-state index contributed by atoms with van der Waals surface area (Å²) in [4.78, 5) is 12.5. The molecule has 0 aliphatic rings. The van der Waals surface area contributed by atoms with E-state index in [1.54, 1.807) is 43.3 Å². The lowest BCUT2D eigenvalue weighted by molar-refractivity contribution is -0.119. The van der Waals surface area contributed by atoms with E-state index in [-0.39, 0.29) is 16.1 Å². The van der Waals surface area contributed by atoms with Crippen molar-refractivity contribution in [3.63, 3.8) is 0 Å². The third kappa shape index (κ3) is 5.48. The highest BCUT2D eigenvalue weighted by atomic mass is 35.5. The highest BCUT2D eigenvalue weighted by Crippen LogP contribution is 2.27. The van der Waals surface area contributed by atoms with E-state index in [2.05, 4.69) is 10.5 Å². The first-order chi connectivity index (χ1) is 14.8. The summed E-state index contributed by atoms with van der Waals surface area (Å²) in [5, 5.41) is 4.09. The molecule has 3 aromatic carbocycles. The molecule has 0 unspecified atom stereocenters. The summed E-state index contributed by atoms with van der Waals surface area (Å²) in [6, 6.07) is 18.4. The molecule has 0 aliphatic carbocycles. The van der Waals surface area contributed by atoms with Gasteiger partial charge >= 0.3 is 0 Å². The van der Waals surface area contributed by atoms with E-state index < -0.39 is 28.3 Å². The number of benzene rings is 3. The minimum Gasteiger partial charge on any atom is -0.271 e. The first kappa shape index (κ1) is 22.5. The largest absolute Gasteiger partial charge is 0.271 e. The number of nitrogens with zero attached hydrogens (tertiary/aromatic N) is 2. The molecule has 1 amide bonds. The Labute approximate surface area is 185 Å². The van der Waals surface area contributed by atoms with Gasteiger partial charge in [0.05, 0.1) is 16.8 Å². The van der Waals surface area contributed by atoms with Crippen LogP contribution in [0, 0.1) is 12.7 Å². The van der Waals surface area contributed by atoms with Crippen LogP contribution in [0.25, 0.3) is 0 Å². The number of hydrogen-bond donors (Lipinski definition) is 1. The van der Waals surface area contributed by atoms with Gasteiger partial charge in [-0.3, -0.25) is 9.10 Å². The van der Waals surface area contributed by atoms with Gasteiger partial charge in [0.1, 0.15) is 12.4 Å².